The van der Waals surface area contributed by atoms with E-state index in [-0.39, 0.29) is 0 Å². The van der Waals surface area contributed by atoms with E-state index in [4.69, 9.17) is 0 Å². The zero-order valence-corrected chi connectivity index (χ0v) is 17.8. The van der Waals surface area contributed by atoms with Gasteiger partial charge in [0.2, 0.25) is 0 Å². The summed E-state index contributed by atoms with van der Waals surface area (Å²) in [5.41, 5.74) is 5.88. The van der Waals surface area contributed by atoms with Crippen LogP contribution in [0.3, 0.4) is 0 Å². The Bertz CT molecular complexity index is 679. The second-order valence-corrected chi connectivity index (χ2v) is 18.8. The third kappa shape index (κ3) is 3.36. The minimum Gasteiger partial charge on any atom is -0.380 e. The molecule has 0 saturated heterocycles. The smallest absolute Gasteiger partial charge is 0.278 e. The van der Waals surface area contributed by atoms with Crippen molar-refractivity contribution in [2.24, 2.45) is 0 Å². The molecule has 1 aliphatic rings. The van der Waals surface area contributed by atoms with Crippen LogP contribution in [0, 0.1) is 0 Å². The maximum Gasteiger partial charge on any atom is 0.278 e. The summed E-state index contributed by atoms with van der Waals surface area (Å²) in [6.45, 7) is 15.5. The summed E-state index contributed by atoms with van der Waals surface area (Å²) in [7, 11) is -2.84. The molecular formula is C20H28BNSi2. The van der Waals surface area contributed by atoms with Crippen molar-refractivity contribution in [1.29, 1.82) is 0 Å². The van der Waals surface area contributed by atoms with Crippen LogP contribution in [0.5, 0.6) is 0 Å². The van der Waals surface area contributed by atoms with Crippen LogP contribution < -0.4 is 0 Å². The summed E-state index contributed by atoms with van der Waals surface area (Å²) < 4.78 is 2.94. The molecule has 1 heterocycles. The van der Waals surface area contributed by atoms with Gasteiger partial charge in [-0.25, -0.2) is 0 Å². The highest BCUT2D eigenvalue weighted by molar-refractivity contribution is 7.19. The Balaban J connectivity index is 2.09. The third-order valence-corrected chi connectivity index (χ3v) is 12.1. The Labute approximate surface area is 149 Å². The maximum absolute atomic E-state index is 2.94. The van der Waals surface area contributed by atoms with Crippen LogP contribution in [0.4, 0.5) is 0 Å². The molecule has 0 spiro atoms. The molecule has 0 bridgehead atoms. The molecule has 1 nitrogen and oxygen atoms in total. The topological polar surface area (TPSA) is 3.24 Å². The quantitative estimate of drug-likeness (QED) is 0.630. The van der Waals surface area contributed by atoms with Crippen LogP contribution in [0.1, 0.15) is 11.1 Å². The number of rotatable bonds is 5. The predicted octanol–water partition coefficient (Wildman–Crippen LogP) is 5.65. The van der Waals surface area contributed by atoms with Crippen molar-refractivity contribution in [3.8, 4) is 0 Å². The number of hydrogen-bond donors (Lipinski definition) is 0. The normalized spacial score (nSPS) is 15.2. The fourth-order valence-electron chi connectivity index (χ4n) is 4.11. The predicted molar refractivity (Wildman–Crippen MR) is 114 cm³/mol. The SMILES string of the molecule is C[Si](C)(C)N(B1C(c2ccccc2)=C1c1ccccc1)[Si](C)(C)C. The second kappa shape index (κ2) is 6.17. The lowest BCUT2D eigenvalue weighted by Crippen LogP contribution is -2.62. The Morgan fingerprint density at radius 1 is 0.583 bits per heavy atom. The minimum absolute atomic E-state index is 0.508. The Hall–Kier alpha value is -1.36. The Morgan fingerprint density at radius 2 is 0.917 bits per heavy atom. The summed E-state index contributed by atoms with van der Waals surface area (Å²) in [4.78, 5) is 0. The first-order chi connectivity index (χ1) is 11.2. The molecule has 0 saturated carbocycles. The largest absolute Gasteiger partial charge is 0.380 e. The van der Waals surface area contributed by atoms with E-state index in [1.54, 1.807) is 10.9 Å². The molecule has 2 aromatic rings. The minimum atomic E-state index is -1.42. The van der Waals surface area contributed by atoms with Gasteiger partial charge in [-0.1, -0.05) is 111 Å². The van der Waals surface area contributed by atoms with Crippen LogP contribution in [0.15, 0.2) is 60.7 Å². The Morgan fingerprint density at radius 3 is 1.21 bits per heavy atom. The van der Waals surface area contributed by atoms with Crippen molar-refractivity contribution in [3.63, 3.8) is 0 Å². The zero-order chi connectivity index (χ0) is 17.5. The van der Waals surface area contributed by atoms with E-state index < -0.39 is 16.5 Å². The van der Waals surface area contributed by atoms with Crippen LogP contribution >= 0.6 is 0 Å². The van der Waals surface area contributed by atoms with Crippen molar-refractivity contribution < 1.29 is 0 Å². The van der Waals surface area contributed by atoms with Gasteiger partial charge in [-0.15, -0.1) is 0 Å². The van der Waals surface area contributed by atoms with E-state index in [0.717, 1.165) is 0 Å². The molecule has 0 atom stereocenters. The van der Waals surface area contributed by atoms with Gasteiger partial charge in [0.25, 0.3) is 6.85 Å². The first-order valence-electron chi connectivity index (χ1n) is 8.85. The molecule has 2 aromatic carbocycles. The Kier molecular flexibility index (Phi) is 4.49. The van der Waals surface area contributed by atoms with E-state index in [1.807, 2.05) is 0 Å². The van der Waals surface area contributed by atoms with Crippen molar-refractivity contribution in [2.75, 3.05) is 0 Å². The summed E-state index contributed by atoms with van der Waals surface area (Å²) >= 11 is 0. The molecule has 4 heteroatoms. The lowest BCUT2D eigenvalue weighted by molar-refractivity contribution is 0.955. The van der Waals surface area contributed by atoms with Gasteiger partial charge in [-0.05, 0) is 11.1 Å². The molecule has 3 rings (SSSR count). The van der Waals surface area contributed by atoms with Gasteiger partial charge >= 0.3 is 0 Å². The van der Waals surface area contributed by atoms with E-state index in [2.05, 4.69) is 104 Å². The van der Waals surface area contributed by atoms with Crippen LogP contribution in [0.25, 0.3) is 10.9 Å². The van der Waals surface area contributed by atoms with Gasteiger partial charge in [0.05, 0.1) is 0 Å². The van der Waals surface area contributed by atoms with Crippen molar-refractivity contribution >= 4 is 34.3 Å². The standard InChI is InChI=1S/C20H28BNSi2/c1-23(2,3)22(24(4,5)6)21-19(17-13-9-7-10-14-17)20(21)18-15-11-8-12-16-18/h7-16H,1-6H3. The van der Waals surface area contributed by atoms with Gasteiger partial charge < -0.3 is 4.14 Å². The van der Waals surface area contributed by atoms with E-state index in [9.17, 15) is 0 Å². The van der Waals surface area contributed by atoms with Gasteiger partial charge in [0.1, 0.15) is 16.5 Å². The summed E-state index contributed by atoms with van der Waals surface area (Å²) in [5.74, 6) is 0. The number of hydrogen-bond acceptors (Lipinski definition) is 1. The van der Waals surface area contributed by atoms with Gasteiger partial charge in [0, 0.05) is 0 Å². The van der Waals surface area contributed by atoms with Crippen LogP contribution in [0.2, 0.25) is 39.3 Å². The highest BCUT2D eigenvalue weighted by Gasteiger charge is 2.53. The molecule has 0 amide bonds. The van der Waals surface area contributed by atoms with Crippen LogP contribution in [-0.4, -0.2) is 27.5 Å². The lowest BCUT2D eigenvalue weighted by atomic mass is 9.73. The average molecular weight is 349 g/mol. The second-order valence-electron chi connectivity index (χ2n) is 8.67. The highest BCUT2D eigenvalue weighted by Crippen LogP contribution is 2.49. The summed E-state index contributed by atoms with van der Waals surface area (Å²) in [6.07, 6.45) is 0. The average Bonchev–Trinajstić information content (AvgIpc) is 3.20. The van der Waals surface area contributed by atoms with E-state index in [1.165, 1.54) is 11.1 Å². The molecule has 1 aliphatic heterocycles. The highest BCUT2D eigenvalue weighted by atomic mass is 28.4. The molecule has 124 valence electrons. The third-order valence-electron chi connectivity index (χ3n) is 4.63. The van der Waals surface area contributed by atoms with E-state index in [0.29, 0.717) is 6.85 Å². The lowest BCUT2D eigenvalue weighted by Gasteiger charge is -2.44. The number of nitrogens with zero attached hydrogens (tertiary/aromatic N) is 1. The first kappa shape index (κ1) is 17.5. The molecule has 0 fully saturated rings. The number of benzene rings is 2. The molecule has 24 heavy (non-hydrogen) atoms. The molecule has 0 radical (unpaired) electrons. The van der Waals surface area contributed by atoms with Crippen molar-refractivity contribution in [3.05, 3.63) is 71.8 Å². The van der Waals surface area contributed by atoms with Gasteiger partial charge in [-0.2, -0.15) is 0 Å². The molecular weight excluding hydrogens is 321 g/mol. The maximum atomic E-state index is 2.94. The van der Waals surface area contributed by atoms with Crippen molar-refractivity contribution in [2.45, 2.75) is 39.3 Å². The fourth-order valence-corrected chi connectivity index (χ4v) is 14.2. The molecule has 0 aliphatic carbocycles. The fraction of sp³-hybridized carbons (Fsp3) is 0.300. The van der Waals surface area contributed by atoms with Crippen molar-refractivity contribution in [1.82, 2.24) is 4.14 Å². The van der Waals surface area contributed by atoms with Crippen LogP contribution in [-0.2, 0) is 0 Å². The first-order valence-corrected chi connectivity index (χ1v) is 15.7. The van der Waals surface area contributed by atoms with Gasteiger partial charge in [-0.3, -0.25) is 0 Å². The summed E-state index contributed by atoms with van der Waals surface area (Å²) in [5, 5.41) is 0. The van der Waals surface area contributed by atoms with Gasteiger partial charge in [0.15, 0.2) is 0 Å². The molecule has 0 unspecified atom stereocenters. The zero-order valence-electron chi connectivity index (χ0n) is 15.8. The molecule has 0 N–H and O–H groups in total. The van der Waals surface area contributed by atoms with E-state index >= 15 is 0 Å². The monoisotopic (exact) mass is 349 g/mol. The summed E-state index contributed by atoms with van der Waals surface area (Å²) in [6, 6.07) is 21.9. The molecule has 0 aromatic heterocycles.